The minimum Gasteiger partial charge on any atom is -0.432 e. The lowest BCUT2D eigenvalue weighted by molar-refractivity contribution is 0.649. The molecule has 5 heterocycles. The summed E-state index contributed by atoms with van der Waals surface area (Å²) < 4.78 is 5.93. The highest BCUT2D eigenvalue weighted by Crippen LogP contribution is 2.35. The molecule has 7 nitrogen and oxygen atoms in total. The van der Waals surface area contributed by atoms with E-state index in [2.05, 4.69) is 25.2 Å². The van der Waals surface area contributed by atoms with Crippen LogP contribution in [0.25, 0.3) is 22.2 Å². The second-order valence-corrected chi connectivity index (χ2v) is 6.01. The molecule has 0 atom stereocenters. The van der Waals surface area contributed by atoms with Crippen LogP contribution in [0, 0.1) is 0 Å². The van der Waals surface area contributed by atoms with Crippen molar-refractivity contribution in [3.05, 3.63) is 29.6 Å². The van der Waals surface area contributed by atoms with E-state index in [0.29, 0.717) is 11.3 Å². The van der Waals surface area contributed by atoms with Gasteiger partial charge in [-0.25, -0.2) is 9.97 Å². The summed E-state index contributed by atoms with van der Waals surface area (Å²) in [5.41, 5.74) is 10.7. The van der Waals surface area contributed by atoms with Crippen LogP contribution in [0.4, 0.5) is 11.8 Å². The van der Waals surface area contributed by atoms with Crippen molar-refractivity contribution in [3.63, 3.8) is 0 Å². The molecule has 0 aliphatic carbocycles. The van der Waals surface area contributed by atoms with Crippen LogP contribution in [-0.4, -0.2) is 34.6 Å². The van der Waals surface area contributed by atoms with E-state index < -0.39 is 0 Å². The molecule has 0 unspecified atom stereocenters. The summed E-state index contributed by atoms with van der Waals surface area (Å²) in [6.45, 7) is 2.71. The fourth-order valence-corrected chi connectivity index (χ4v) is 3.48. The van der Waals surface area contributed by atoms with Crippen LogP contribution in [0.2, 0.25) is 0 Å². The average molecular weight is 308 g/mol. The Bertz CT molecular complexity index is 942. The van der Waals surface area contributed by atoms with Crippen LogP contribution in [0.5, 0.6) is 0 Å². The van der Waals surface area contributed by atoms with Gasteiger partial charge in [0.2, 0.25) is 11.7 Å². The topological polar surface area (TPSA) is 93.1 Å². The lowest BCUT2D eigenvalue weighted by Crippen LogP contribution is -2.25. The van der Waals surface area contributed by atoms with E-state index in [1.54, 1.807) is 6.20 Å². The first-order valence-corrected chi connectivity index (χ1v) is 7.80. The molecule has 5 rings (SSSR count). The Kier molecular flexibility index (Phi) is 2.53. The Morgan fingerprint density at radius 1 is 1.26 bits per heavy atom. The third-order valence-corrected chi connectivity index (χ3v) is 4.54. The molecule has 0 spiro atoms. The fourth-order valence-electron chi connectivity index (χ4n) is 3.48. The normalized spacial score (nSPS) is 17.8. The number of hydrogen-bond donors (Lipinski definition) is 2. The van der Waals surface area contributed by atoms with E-state index in [0.717, 1.165) is 42.8 Å². The van der Waals surface area contributed by atoms with Crippen LogP contribution in [0.15, 0.2) is 34.0 Å². The maximum Gasteiger partial charge on any atom is 0.229 e. The molecule has 0 radical (unpaired) electrons. The molecule has 0 amide bonds. The zero-order valence-corrected chi connectivity index (χ0v) is 12.5. The minimum absolute atomic E-state index is 0.261. The summed E-state index contributed by atoms with van der Waals surface area (Å²) in [7, 11) is 0. The monoisotopic (exact) mass is 308 g/mol. The number of rotatable bonds is 1. The number of nitrogens with one attached hydrogen (secondary N) is 1. The van der Waals surface area contributed by atoms with E-state index in [-0.39, 0.29) is 5.95 Å². The van der Waals surface area contributed by atoms with Crippen molar-refractivity contribution in [2.24, 2.45) is 0 Å². The van der Waals surface area contributed by atoms with Gasteiger partial charge in [-0.1, -0.05) is 0 Å². The highest BCUT2D eigenvalue weighted by molar-refractivity contribution is 6.05. The summed E-state index contributed by atoms with van der Waals surface area (Å²) >= 11 is 0. The molecular weight excluding hydrogens is 292 g/mol. The predicted molar refractivity (Wildman–Crippen MR) is 88.0 cm³/mol. The third-order valence-electron chi connectivity index (χ3n) is 4.54. The highest BCUT2D eigenvalue weighted by Gasteiger charge is 2.28. The fraction of sp³-hybridized carbons (Fsp3) is 0.312. The van der Waals surface area contributed by atoms with Crippen molar-refractivity contribution in [1.82, 2.24) is 20.3 Å². The molecule has 0 fully saturated rings. The number of anilines is 2. The van der Waals surface area contributed by atoms with Crippen LogP contribution in [-0.2, 0) is 0 Å². The number of aromatic nitrogens is 3. The molecule has 0 saturated carbocycles. The molecule has 7 heteroatoms. The molecule has 2 aliphatic rings. The number of nitrogen functional groups attached to an aromatic ring is 1. The molecule has 3 aromatic rings. The lowest BCUT2D eigenvalue weighted by atomic mass is 10.1. The smallest absolute Gasteiger partial charge is 0.229 e. The van der Waals surface area contributed by atoms with Crippen molar-refractivity contribution in [2.75, 3.05) is 30.3 Å². The second kappa shape index (κ2) is 4.58. The minimum atomic E-state index is 0.261. The lowest BCUT2D eigenvalue weighted by Gasteiger charge is -2.17. The Morgan fingerprint density at radius 2 is 2.22 bits per heavy atom. The van der Waals surface area contributed by atoms with Crippen molar-refractivity contribution in [1.29, 1.82) is 0 Å². The first-order valence-electron chi connectivity index (χ1n) is 7.80. The van der Waals surface area contributed by atoms with Gasteiger partial charge in [0, 0.05) is 25.0 Å². The second-order valence-electron chi connectivity index (χ2n) is 6.01. The molecule has 0 aromatic carbocycles. The molecule has 3 aromatic heterocycles. The quantitative estimate of drug-likeness (QED) is 0.708. The first-order chi connectivity index (χ1) is 11.3. The Balaban J connectivity index is 1.67. The molecule has 0 saturated heterocycles. The Morgan fingerprint density at radius 3 is 3.13 bits per heavy atom. The summed E-state index contributed by atoms with van der Waals surface area (Å²) in [4.78, 5) is 15.3. The van der Waals surface area contributed by atoms with Crippen molar-refractivity contribution < 1.29 is 4.42 Å². The summed E-state index contributed by atoms with van der Waals surface area (Å²) in [6.07, 6.45) is 4.04. The Hall–Kier alpha value is -2.83. The van der Waals surface area contributed by atoms with Gasteiger partial charge in [0.1, 0.15) is 5.52 Å². The number of hydrogen-bond acceptors (Lipinski definition) is 7. The molecular formula is C16H16N6O. The SMILES string of the molecule is Nc1nc(N2CC3=C(C2)NCCC3)c2oc3ncccc3c2n1. The average Bonchev–Trinajstić information content (AvgIpc) is 3.15. The van der Waals surface area contributed by atoms with Gasteiger partial charge in [0.25, 0.3) is 0 Å². The summed E-state index contributed by atoms with van der Waals surface area (Å²) in [5, 5.41) is 4.36. The van der Waals surface area contributed by atoms with Crippen molar-refractivity contribution in [2.45, 2.75) is 12.8 Å². The molecule has 2 aliphatic heterocycles. The van der Waals surface area contributed by atoms with E-state index in [4.69, 9.17) is 10.2 Å². The number of nitrogens with zero attached hydrogens (tertiary/aromatic N) is 4. The number of pyridine rings is 1. The van der Waals surface area contributed by atoms with Gasteiger partial charge in [0.15, 0.2) is 11.4 Å². The van der Waals surface area contributed by atoms with Crippen LogP contribution >= 0.6 is 0 Å². The van der Waals surface area contributed by atoms with Gasteiger partial charge < -0.3 is 20.4 Å². The molecule has 23 heavy (non-hydrogen) atoms. The van der Waals surface area contributed by atoms with E-state index in [1.165, 1.54) is 17.7 Å². The van der Waals surface area contributed by atoms with Crippen molar-refractivity contribution >= 4 is 34.0 Å². The van der Waals surface area contributed by atoms with Gasteiger partial charge in [-0.15, -0.1) is 0 Å². The predicted octanol–water partition coefficient (Wildman–Crippen LogP) is 1.81. The van der Waals surface area contributed by atoms with Gasteiger partial charge in [-0.2, -0.15) is 4.98 Å². The van der Waals surface area contributed by atoms with E-state index in [1.807, 2.05) is 12.1 Å². The van der Waals surface area contributed by atoms with Gasteiger partial charge in [-0.3, -0.25) is 0 Å². The first kappa shape index (κ1) is 12.7. The van der Waals surface area contributed by atoms with E-state index in [9.17, 15) is 0 Å². The van der Waals surface area contributed by atoms with Crippen LogP contribution in [0.3, 0.4) is 0 Å². The zero-order valence-electron chi connectivity index (χ0n) is 12.5. The molecule has 116 valence electrons. The van der Waals surface area contributed by atoms with Gasteiger partial charge in [-0.05, 0) is 30.5 Å². The largest absolute Gasteiger partial charge is 0.432 e. The van der Waals surface area contributed by atoms with E-state index >= 15 is 0 Å². The number of nitrogens with two attached hydrogens (primary N) is 1. The van der Waals surface area contributed by atoms with Crippen molar-refractivity contribution in [3.8, 4) is 0 Å². The molecule has 3 N–H and O–H groups in total. The van der Waals surface area contributed by atoms with Gasteiger partial charge >= 0.3 is 0 Å². The maximum absolute atomic E-state index is 5.95. The third kappa shape index (κ3) is 1.86. The van der Waals surface area contributed by atoms with Crippen LogP contribution in [0.1, 0.15) is 12.8 Å². The summed E-state index contributed by atoms with van der Waals surface area (Å²) in [5.74, 6) is 1.01. The number of furan rings is 1. The summed E-state index contributed by atoms with van der Waals surface area (Å²) in [6, 6.07) is 3.81. The zero-order chi connectivity index (χ0) is 15.4. The van der Waals surface area contributed by atoms with Crippen LogP contribution < -0.4 is 16.0 Å². The maximum atomic E-state index is 5.95. The Labute approximate surface area is 132 Å². The number of fused-ring (bicyclic) bond motifs is 3. The standard InChI is InChI=1S/C16H16N6O/c17-16-20-12-10-4-2-6-19-15(10)23-13(12)14(21-16)22-7-9-3-1-5-18-11(9)8-22/h2,4,6,18H,1,3,5,7-8H2,(H2,17,20,21). The highest BCUT2D eigenvalue weighted by atomic mass is 16.3. The molecule has 0 bridgehead atoms. The van der Waals surface area contributed by atoms with Gasteiger partial charge in [0.05, 0.1) is 11.9 Å².